The SMILES string of the molecule is CC(C)(C)OC(=O)CCN1C(=O)CSC1c1ncc[nH]1. The highest BCUT2D eigenvalue weighted by Gasteiger charge is 2.34. The van der Waals surface area contributed by atoms with Crippen LogP contribution < -0.4 is 0 Å². The maximum atomic E-state index is 11.9. The minimum atomic E-state index is -0.499. The van der Waals surface area contributed by atoms with Crippen LogP contribution in [0.3, 0.4) is 0 Å². The molecule has 20 heavy (non-hydrogen) atoms. The van der Waals surface area contributed by atoms with Crippen LogP contribution >= 0.6 is 11.8 Å². The highest BCUT2D eigenvalue weighted by Crippen LogP contribution is 2.36. The molecule has 0 bridgehead atoms. The van der Waals surface area contributed by atoms with E-state index < -0.39 is 5.60 Å². The number of hydrogen-bond acceptors (Lipinski definition) is 5. The lowest BCUT2D eigenvalue weighted by atomic mass is 10.2. The van der Waals surface area contributed by atoms with Gasteiger partial charge in [-0.3, -0.25) is 9.59 Å². The summed E-state index contributed by atoms with van der Waals surface area (Å²) >= 11 is 1.51. The second kappa shape index (κ2) is 5.87. The molecule has 7 heteroatoms. The van der Waals surface area contributed by atoms with Crippen LogP contribution in [0, 0.1) is 0 Å². The third kappa shape index (κ3) is 3.75. The predicted molar refractivity (Wildman–Crippen MR) is 76.0 cm³/mol. The molecule has 1 aromatic heterocycles. The van der Waals surface area contributed by atoms with Gasteiger partial charge in [0.15, 0.2) is 0 Å². The Morgan fingerprint density at radius 2 is 2.35 bits per heavy atom. The van der Waals surface area contributed by atoms with Gasteiger partial charge in [0, 0.05) is 18.9 Å². The predicted octanol–water partition coefficient (Wildman–Crippen LogP) is 1.72. The number of hydrogen-bond donors (Lipinski definition) is 1. The van der Waals surface area contributed by atoms with Crippen LogP contribution in [0.4, 0.5) is 0 Å². The summed E-state index contributed by atoms with van der Waals surface area (Å²) in [5.74, 6) is 0.894. The molecule has 2 heterocycles. The number of aromatic amines is 1. The van der Waals surface area contributed by atoms with Gasteiger partial charge in [0.25, 0.3) is 0 Å². The Morgan fingerprint density at radius 3 is 2.95 bits per heavy atom. The van der Waals surface area contributed by atoms with E-state index in [1.54, 1.807) is 17.3 Å². The van der Waals surface area contributed by atoms with E-state index in [0.717, 1.165) is 5.82 Å². The minimum Gasteiger partial charge on any atom is -0.460 e. The molecular weight excluding hydrogens is 278 g/mol. The van der Waals surface area contributed by atoms with Crippen LogP contribution in [0.2, 0.25) is 0 Å². The van der Waals surface area contributed by atoms with E-state index in [-0.39, 0.29) is 23.7 Å². The Morgan fingerprint density at radius 1 is 1.60 bits per heavy atom. The van der Waals surface area contributed by atoms with Crippen LogP contribution in [0.15, 0.2) is 12.4 Å². The van der Waals surface area contributed by atoms with E-state index in [0.29, 0.717) is 12.3 Å². The summed E-state index contributed by atoms with van der Waals surface area (Å²) < 4.78 is 5.25. The highest BCUT2D eigenvalue weighted by atomic mass is 32.2. The smallest absolute Gasteiger partial charge is 0.308 e. The lowest BCUT2D eigenvalue weighted by Gasteiger charge is -2.23. The fourth-order valence-corrected chi connectivity index (χ4v) is 3.10. The molecule has 1 unspecified atom stereocenters. The van der Waals surface area contributed by atoms with E-state index in [1.165, 1.54) is 11.8 Å². The summed E-state index contributed by atoms with van der Waals surface area (Å²) in [5, 5.41) is -0.139. The molecule has 6 nitrogen and oxygen atoms in total. The van der Waals surface area contributed by atoms with Gasteiger partial charge in [-0.1, -0.05) is 0 Å². The molecule has 0 saturated carbocycles. The minimum absolute atomic E-state index is 0.0277. The molecule has 1 atom stereocenters. The first-order valence-corrected chi connectivity index (χ1v) is 7.54. The summed E-state index contributed by atoms with van der Waals surface area (Å²) in [5.41, 5.74) is -0.499. The molecule has 0 spiro atoms. The third-order valence-electron chi connectivity index (χ3n) is 2.70. The third-order valence-corrected chi connectivity index (χ3v) is 3.91. The summed E-state index contributed by atoms with van der Waals surface area (Å²) in [6.07, 6.45) is 3.58. The van der Waals surface area contributed by atoms with E-state index >= 15 is 0 Å². The van der Waals surface area contributed by atoms with Gasteiger partial charge in [-0.05, 0) is 20.8 Å². The molecule has 1 saturated heterocycles. The topological polar surface area (TPSA) is 75.3 Å². The Kier molecular flexibility index (Phi) is 4.37. The zero-order valence-electron chi connectivity index (χ0n) is 11.9. The van der Waals surface area contributed by atoms with E-state index in [4.69, 9.17) is 4.74 Å². The molecule has 2 rings (SSSR count). The number of esters is 1. The number of H-pyrrole nitrogens is 1. The van der Waals surface area contributed by atoms with Crippen molar-refractivity contribution in [3.05, 3.63) is 18.2 Å². The lowest BCUT2D eigenvalue weighted by Crippen LogP contribution is -2.32. The molecule has 0 aromatic carbocycles. The molecule has 1 aromatic rings. The van der Waals surface area contributed by atoms with Crippen LogP contribution in [-0.2, 0) is 14.3 Å². The average molecular weight is 297 g/mol. The molecule has 1 fully saturated rings. The second-order valence-corrected chi connectivity index (χ2v) is 6.63. The van der Waals surface area contributed by atoms with Crippen molar-refractivity contribution in [2.45, 2.75) is 38.2 Å². The maximum absolute atomic E-state index is 11.9. The number of thioether (sulfide) groups is 1. The van der Waals surface area contributed by atoms with Gasteiger partial charge >= 0.3 is 5.97 Å². The number of amides is 1. The monoisotopic (exact) mass is 297 g/mol. The molecule has 0 aliphatic carbocycles. The van der Waals surface area contributed by atoms with Gasteiger partial charge in [-0.15, -0.1) is 11.8 Å². The van der Waals surface area contributed by atoms with Crippen LogP contribution in [0.5, 0.6) is 0 Å². The zero-order valence-corrected chi connectivity index (χ0v) is 12.7. The quantitative estimate of drug-likeness (QED) is 0.856. The van der Waals surface area contributed by atoms with Gasteiger partial charge < -0.3 is 14.6 Å². The maximum Gasteiger partial charge on any atom is 0.308 e. The van der Waals surface area contributed by atoms with E-state index in [9.17, 15) is 9.59 Å². The van der Waals surface area contributed by atoms with Gasteiger partial charge in [-0.25, -0.2) is 4.98 Å². The van der Waals surface area contributed by atoms with Crippen LogP contribution in [-0.4, -0.2) is 44.6 Å². The van der Waals surface area contributed by atoms with Crippen molar-refractivity contribution in [3.8, 4) is 0 Å². The van der Waals surface area contributed by atoms with Crippen molar-refractivity contribution in [1.82, 2.24) is 14.9 Å². The number of imidazole rings is 1. The van der Waals surface area contributed by atoms with Crippen molar-refractivity contribution in [3.63, 3.8) is 0 Å². The first kappa shape index (κ1) is 14.9. The van der Waals surface area contributed by atoms with Crippen LogP contribution in [0.25, 0.3) is 0 Å². The normalized spacial score (nSPS) is 19.4. The van der Waals surface area contributed by atoms with Gasteiger partial charge in [0.1, 0.15) is 16.8 Å². The Labute approximate surface area is 122 Å². The zero-order chi connectivity index (χ0) is 14.8. The first-order valence-electron chi connectivity index (χ1n) is 6.49. The van der Waals surface area contributed by atoms with Gasteiger partial charge in [0.05, 0.1) is 12.2 Å². The highest BCUT2D eigenvalue weighted by molar-refractivity contribution is 8.00. The molecule has 0 radical (unpaired) electrons. The Hall–Kier alpha value is -1.50. The summed E-state index contributed by atoms with van der Waals surface area (Å²) in [6.45, 7) is 5.83. The van der Waals surface area contributed by atoms with Crippen molar-refractivity contribution in [1.29, 1.82) is 0 Å². The molecule has 1 aliphatic rings. The van der Waals surface area contributed by atoms with Crippen molar-refractivity contribution in [2.24, 2.45) is 0 Å². The Bertz CT molecular complexity index is 482. The van der Waals surface area contributed by atoms with E-state index in [1.807, 2.05) is 20.8 Å². The number of ether oxygens (including phenoxy) is 1. The Balaban J connectivity index is 1.93. The molecule has 1 amide bonds. The van der Waals surface area contributed by atoms with Crippen molar-refractivity contribution < 1.29 is 14.3 Å². The van der Waals surface area contributed by atoms with Gasteiger partial charge in [-0.2, -0.15) is 0 Å². The summed E-state index contributed by atoms with van der Waals surface area (Å²) in [6, 6.07) is 0. The number of rotatable bonds is 4. The van der Waals surface area contributed by atoms with Crippen LogP contribution in [0.1, 0.15) is 38.4 Å². The number of carbonyl (C=O) groups is 2. The van der Waals surface area contributed by atoms with Crippen molar-refractivity contribution >= 4 is 23.6 Å². The van der Waals surface area contributed by atoms with Crippen molar-refractivity contribution in [2.75, 3.05) is 12.3 Å². The van der Waals surface area contributed by atoms with E-state index in [2.05, 4.69) is 9.97 Å². The number of nitrogens with zero attached hydrogens (tertiary/aromatic N) is 2. The summed E-state index contributed by atoms with van der Waals surface area (Å²) in [4.78, 5) is 32.5. The summed E-state index contributed by atoms with van der Waals surface area (Å²) in [7, 11) is 0. The molecule has 110 valence electrons. The molecule has 1 aliphatic heterocycles. The average Bonchev–Trinajstić information content (AvgIpc) is 2.93. The molecular formula is C13H19N3O3S. The first-order chi connectivity index (χ1) is 9.37. The number of nitrogens with one attached hydrogen (secondary N) is 1. The fourth-order valence-electron chi connectivity index (χ4n) is 1.94. The number of carbonyl (C=O) groups excluding carboxylic acids is 2. The standard InChI is InChI=1S/C13H19N3O3S/c1-13(2,3)19-10(18)4-7-16-9(17)8-20-12(16)11-14-5-6-15-11/h5-6,12H,4,7-8H2,1-3H3,(H,14,15). The largest absolute Gasteiger partial charge is 0.460 e. The fraction of sp³-hybridized carbons (Fsp3) is 0.615. The lowest BCUT2D eigenvalue weighted by molar-refractivity contribution is -0.155. The van der Waals surface area contributed by atoms with Gasteiger partial charge in [0.2, 0.25) is 5.91 Å². The molecule has 1 N–H and O–H groups in total. The number of aromatic nitrogens is 2. The second-order valence-electron chi connectivity index (χ2n) is 5.56.